The van der Waals surface area contributed by atoms with Crippen molar-refractivity contribution in [3.63, 3.8) is 0 Å². The van der Waals surface area contributed by atoms with E-state index in [-0.39, 0.29) is 23.4 Å². The molecule has 198 valence electrons. The molecule has 1 heterocycles. The highest BCUT2D eigenvalue weighted by Crippen LogP contribution is 2.39. The van der Waals surface area contributed by atoms with E-state index in [1.54, 1.807) is 18.2 Å². The number of benzene rings is 2. The standard InChI is InChI=1S/C28H35N3O6/c1-6-29(7-2)14-15-30-25(20-8-11-22(12-9-20)31(35)36)24(27(33)28(30)34)26(32)21-10-13-23(19(5)16-21)37-17-18(3)4/h8-13,16,18,25,32H,6-7,14-15,17H2,1-5H3/b26-24+. The van der Waals surface area contributed by atoms with Crippen molar-refractivity contribution in [1.29, 1.82) is 0 Å². The number of likely N-dealkylation sites (tertiary alicyclic amines) is 1. The first kappa shape index (κ1) is 27.9. The summed E-state index contributed by atoms with van der Waals surface area (Å²) in [7, 11) is 0. The van der Waals surface area contributed by atoms with Gasteiger partial charge in [0.2, 0.25) is 5.78 Å². The summed E-state index contributed by atoms with van der Waals surface area (Å²) in [5.74, 6) is -1.10. The van der Waals surface area contributed by atoms with Crippen LogP contribution in [0, 0.1) is 23.0 Å². The van der Waals surface area contributed by atoms with Crippen molar-refractivity contribution in [2.45, 2.75) is 40.7 Å². The lowest BCUT2D eigenvalue weighted by Crippen LogP contribution is -3.12. The number of nitrogens with one attached hydrogen (secondary N) is 1. The maximum absolute atomic E-state index is 13.7. The van der Waals surface area contributed by atoms with Crippen LogP contribution in [0.4, 0.5) is 5.69 Å². The fraction of sp³-hybridized carbons (Fsp3) is 0.429. The Balaban J connectivity index is 2.07. The van der Waals surface area contributed by atoms with Gasteiger partial charge in [0.15, 0.2) is 0 Å². The highest BCUT2D eigenvalue weighted by molar-refractivity contribution is 6.46. The van der Waals surface area contributed by atoms with Crippen LogP contribution in [0.1, 0.15) is 50.4 Å². The second-order valence-corrected chi connectivity index (χ2v) is 9.71. The minimum absolute atomic E-state index is 0.112. The van der Waals surface area contributed by atoms with Crippen molar-refractivity contribution in [1.82, 2.24) is 4.90 Å². The lowest BCUT2D eigenvalue weighted by molar-refractivity contribution is -0.895. The number of quaternary nitrogens is 1. The van der Waals surface area contributed by atoms with Gasteiger partial charge >= 0.3 is 0 Å². The molecule has 1 fully saturated rings. The highest BCUT2D eigenvalue weighted by atomic mass is 16.6. The summed E-state index contributed by atoms with van der Waals surface area (Å²) in [6, 6.07) is 9.72. The van der Waals surface area contributed by atoms with E-state index in [0.717, 1.165) is 18.7 Å². The number of nitro groups is 1. The smallest absolute Gasteiger partial charge is 0.295 e. The molecule has 1 N–H and O–H groups in total. The van der Waals surface area contributed by atoms with Gasteiger partial charge in [-0.05, 0) is 67.6 Å². The first-order valence-corrected chi connectivity index (χ1v) is 12.7. The summed E-state index contributed by atoms with van der Waals surface area (Å²) in [4.78, 5) is 39.7. The van der Waals surface area contributed by atoms with Crippen molar-refractivity contribution >= 4 is 23.1 Å². The van der Waals surface area contributed by atoms with Gasteiger partial charge in [-0.25, -0.2) is 0 Å². The van der Waals surface area contributed by atoms with Gasteiger partial charge in [-0.15, -0.1) is 0 Å². The summed E-state index contributed by atoms with van der Waals surface area (Å²) in [6.45, 7) is 13.1. The Hall–Kier alpha value is -3.72. The van der Waals surface area contributed by atoms with E-state index < -0.39 is 28.4 Å². The van der Waals surface area contributed by atoms with E-state index in [4.69, 9.17) is 4.74 Å². The molecule has 1 aliphatic heterocycles. The minimum Gasteiger partial charge on any atom is -0.872 e. The fourth-order valence-corrected chi connectivity index (χ4v) is 4.47. The fourth-order valence-electron chi connectivity index (χ4n) is 4.47. The molecule has 0 bridgehead atoms. The van der Waals surface area contributed by atoms with Crippen LogP contribution < -0.4 is 14.7 Å². The molecule has 1 saturated heterocycles. The molecule has 2 aromatic rings. The number of aryl methyl sites for hydroxylation is 1. The van der Waals surface area contributed by atoms with Crippen molar-refractivity contribution in [3.05, 3.63) is 74.8 Å². The number of rotatable bonds is 11. The van der Waals surface area contributed by atoms with Crippen LogP contribution in [-0.2, 0) is 9.59 Å². The highest BCUT2D eigenvalue weighted by Gasteiger charge is 2.44. The maximum Gasteiger partial charge on any atom is 0.295 e. The number of hydrogen-bond acceptors (Lipinski definition) is 6. The zero-order valence-electron chi connectivity index (χ0n) is 22.1. The molecule has 37 heavy (non-hydrogen) atoms. The molecular formula is C28H35N3O6. The van der Waals surface area contributed by atoms with Gasteiger partial charge in [-0.1, -0.05) is 25.7 Å². The Kier molecular flexibility index (Phi) is 9.04. The van der Waals surface area contributed by atoms with Crippen molar-refractivity contribution < 1.29 is 29.3 Å². The molecular weight excluding hydrogens is 474 g/mol. The van der Waals surface area contributed by atoms with Crippen LogP contribution in [0.5, 0.6) is 5.75 Å². The number of ether oxygens (including phenoxy) is 1. The van der Waals surface area contributed by atoms with E-state index in [1.807, 2.05) is 34.6 Å². The third kappa shape index (κ3) is 6.17. The monoisotopic (exact) mass is 509 g/mol. The van der Waals surface area contributed by atoms with Crippen molar-refractivity contribution in [2.75, 3.05) is 32.8 Å². The Labute approximate surface area is 217 Å². The van der Waals surface area contributed by atoms with Gasteiger partial charge in [0, 0.05) is 17.7 Å². The van der Waals surface area contributed by atoms with Gasteiger partial charge in [0.1, 0.15) is 5.75 Å². The molecule has 0 spiro atoms. The van der Waals surface area contributed by atoms with Crippen LogP contribution >= 0.6 is 0 Å². The van der Waals surface area contributed by atoms with Crippen LogP contribution in [0.25, 0.3) is 5.76 Å². The molecule has 9 nitrogen and oxygen atoms in total. The quantitative estimate of drug-likeness (QED) is 0.163. The number of likely N-dealkylation sites (N-methyl/N-ethyl adjacent to an activating group) is 1. The Morgan fingerprint density at radius 2 is 1.76 bits per heavy atom. The molecule has 9 heteroatoms. The molecule has 0 aliphatic carbocycles. The number of nitro benzene ring substituents is 1. The SMILES string of the molecule is CC[NH+](CC)CCN1C(=O)C(=O)/C(=C(/[O-])c2ccc(OCC(C)C)c(C)c2)C1c1ccc([N+](=O)[O-])cc1. The lowest BCUT2D eigenvalue weighted by Gasteiger charge is -2.28. The number of ketones is 1. The molecule has 1 unspecified atom stereocenters. The predicted molar refractivity (Wildman–Crippen MR) is 138 cm³/mol. The van der Waals surface area contributed by atoms with E-state index in [1.165, 1.54) is 34.1 Å². The Morgan fingerprint density at radius 1 is 1.11 bits per heavy atom. The zero-order valence-corrected chi connectivity index (χ0v) is 22.1. The zero-order chi connectivity index (χ0) is 27.3. The van der Waals surface area contributed by atoms with E-state index in [0.29, 0.717) is 30.4 Å². The second kappa shape index (κ2) is 12.0. The van der Waals surface area contributed by atoms with Gasteiger partial charge in [-0.2, -0.15) is 0 Å². The third-order valence-corrected chi connectivity index (χ3v) is 6.66. The number of amides is 1. The molecule has 3 rings (SSSR count). The number of carbonyl (C=O) groups excluding carboxylic acids is 2. The number of non-ortho nitro benzene ring substituents is 1. The van der Waals surface area contributed by atoms with E-state index >= 15 is 0 Å². The third-order valence-electron chi connectivity index (χ3n) is 6.66. The second-order valence-electron chi connectivity index (χ2n) is 9.71. The first-order chi connectivity index (χ1) is 17.6. The maximum atomic E-state index is 13.7. The summed E-state index contributed by atoms with van der Waals surface area (Å²) >= 11 is 0. The normalized spacial score (nSPS) is 17.2. The summed E-state index contributed by atoms with van der Waals surface area (Å²) in [5, 5.41) is 24.9. The molecule has 0 saturated carbocycles. The molecule has 1 amide bonds. The van der Waals surface area contributed by atoms with Crippen LogP contribution in [0.2, 0.25) is 0 Å². The van der Waals surface area contributed by atoms with Gasteiger partial charge in [0.05, 0.1) is 43.8 Å². The predicted octanol–water partition coefficient (Wildman–Crippen LogP) is 2.09. The van der Waals surface area contributed by atoms with E-state index in [9.17, 15) is 24.8 Å². The molecule has 0 aromatic heterocycles. The average Bonchev–Trinajstić information content (AvgIpc) is 3.13. The molecule has 2 aromatic carbocycles. The summed E-state index contributed by atoms with van der Waals surface area (Å²) in [5.41, 5.74) is 1.27. The van der Waals surface area contributed by atoms with Crippen molar-refractivity contribution in [2.24, 2.45) is 5.92 Å². The van der Waals surface area contributed by atoms with Crippen LogP contribution in [-0.4, -0.2) is 54.3 Å². The topological polar surface area (TPSA) is 117 Å². The number of nitrogens with zero attached hydrogens (tertiary/aromatic N) is 2. The molecule has 0 radical (unpaired) electrons. The van der Waals surface area contributed by atoms with Gasteiger partial charge < -0.3 is 19.6 Å². The largest absolute Gasteiger partial charge is 0.872 e. The molecule has 1 aliphatic rings. The van der Waals surface area contributed by atoms with Gasteiger partial charge in [0.25, 0.3) is 11.6 Å². The summed E-state index contributed by atoms with van der Waals surface area (Å²) in [6.07, 6.45) is 0. The Morgan fingerprint density at radius 3 is 2.30 bits per heavy atom. The van der Waals surface area contributed by atoms with Gasteiger partial charge in [-0.3, -0.25) is 19.7 Å². The molecule has 1 atom stereocenters. The number of carbonyl (C=O) groups is 2. The first-order valence-electron chi connectivity index (χ1n) is 12.7. The average molecular weight is 510 g/mol. The number of hydrogen-bond donors (Lipinski definition) is 1. The van der Waals surface area contributed by atoms with E-state index in [2.05, 4.69) is 0 Å². The Bertz CT molecular complexity index is 1180. The van der Waals surface area contributed by atoms with Crippen molar-refractivity contribution in [3.8, 4) is 5.75 Å². The van der Waals surface area contributed by atoms with Crippen LogP contribution in [0.3, 0.4) is 0 Å². The number of Topliss-reactive ketones (excluding diaryl/α,β-unsaturated/α-hetero) is 1. The van der Waals surface area contributed by atoms with Crippen LogP contribution in [0.15, 0.2) is 48.0 Å². The summed E-state index contributed by atoms with van der Waals surface area (Å²) < 4.78 is 5.81. The lowest BCUT2D eigenvalue weighted by atomic mass is 9.94. The minimum atomic E-state index is -0.916.